The minimum Gasteiger partial charge on any atom is -0.376 e. The summed E-state index contributed by atoms with van der Waals surface area (Å²) in [6.07, 6.45) is 5.51. The van der Waals surface area contributed by atoms with Gasteiger partial charge in [0.15, 0.2) is 5.78 Å². The first kappa shape index (κ1) is 11.0. The molecule has 1 spiro atoms. The fourth-order valence-electron chi connectivity index (χ4n) is 3.64. The van der Waals surface area contributed by atoms with E-state index in [4.69, 9.17) is 4.74 Å². The van der Waals surface area contributed by atoms with E-state index in [2.05, 4.69) is 0 Å². The summed E-state index contributed by atoms with van der Waals surface area (Å²) >= 11 is 0. The molecule has 0 bridgehead atoms. The molecule has 1 aromatic carbocycles. The third-order valence-electron chi connectivity index (χ3n) is 4.42. The van der Waals surface area contributed by atoms with Gasteiger partial charge in [-0.05, 0) is 18.4 Å². The zero-order valence-corrected chi connectivity index (χ0v) is 10.2. The molecule has 0 amide bonds. The van der Waals surface area contributed by atoms with E-state index in [1.807, 2.05) is 24.3 Å². The topological polar surface area (TPSA) is 26.3 Å². The number of fused-ring (bicyclic) bond motifs is 1. The second-order valence-corrected chi connectivity index (χ2v) is 5.25. The minimum absolute atomic E-state index is 0.0218. The van der Waals surface area contributed by atoms with Crippen molar-refractivity contribution in [3.05, 3.63) is 35.4 Å². The van der Waals surface area contributed by atoms with Crippen LogP contribution in [0.5, 0.6) is 0 Å². The third kappa shape index (κ3) is 1.40. The van der Waals surface area contributed by atoms with Gasteiger partial charge in [0.1, 0.15) is 0 Å². The summed E-state index contributed by atoms with van der Waals surface area (Å²) < 4.78 is 5.68. The average Bonchev–Trinajstić information content (AvgIpc) is 2.61. The van der Waals surface area contributed by atoms with E-state index in [-0.39, 0.29) is 11.5 Å². The van der Waals surface area contributed by atoms with Gasteiger partial charge in [-0.25, -0.2) is 0 Å². The first-order chi connectivity index (χ1) is 8.29. The second-order valence-electron chi connectivity index (χ2n) is 5.25. The lowest BCUT2D eigenvalue weighted by molar-refractivity contribution is -0.0129. The molecule has 2 aliphatic carbocycles. The smallest absolute Gasteiger partial charge is 0.172 e. The Labute approximate surface area is 102 Å². The highest BCUT2D eigenvalue weighted by Gasteiger charge is 2.53. The van der Waals surface area contributed by atoms with Crippen molar-refractivity contribution >= 4 is 5.78 Å². The van der Waals surface area contributed by atoms with Crippen LogP contribution in [0, 0.1) is 5.41 Å². The molecule has 2 aliphatic rings. The zero-order chi connectivity index (χ0) is 11.9. The van der Waals surface area contributed by atoms with Crippen LogP contribution >= 0.6 is 0 Å². The number of carbonyl (C=O) groups excluding carboxylic acids is 1. The highest BCUT2D eigenvalue weighted by Crippen LogP contribution is 2.55. The van der Waals surface area contributed by atoms with Crippen molar-refractivity contribution in [1.29, 1.82) is 0 Å². The van der Waals surface area contributed by atoms with Gasteiger partial charge in [-0.3, -0.25) is 4.79 Å². The Morgan fingerprint density at radius 2 is 1.88 bits per heavy atom. The van der Waals surface area contributed by atoms with Gasteiger partial charge in [-0.15, -0.1) is 0 Å². The molecular formula is C15H18O2. The summed E-state index contributed by atoms with van der Waals surface area (Å²) in [6, 6.07) is 7.95. The molecule has 0 heterocycles. The number of benzene rings is 1. The monoisotopic (exact) mass is 230 g/mol. The van der Waals surface area contributed by atoms with Gasteiger partial charge in [-0.1, -0.05) is 43.5 Å². The van der Waals surface area contributed by atoms with E-state index in [0.29, 0.717) is 5.78 Å². The molecule has 1 unspecified atom stereocenters. The first-order valence-corrected chi connectivity index (χ1v) is 6.46. The SMILES string of the molecule is COC1c2ccccc2C(=O)C12CCCCC2. The minimum atomic E-state index is -0.253. The molecule has 17 heavy (non-hydrogen) atoms. The summed E-state index contributed by atoms with van der Waals surface area (Å²) in [5.41, 5.74) is 1.74. The molecule has 1 aromatic rings. The van der Waals surface area contributed by atoms with Gasteiger partial charge in [0.05, 0.1) is 11.5 Å². The zero-order valence-electron chi connectivity index (χ0n) is 10.2. The van der Waals surface area contributed by atoms with E-state index in [9.17, 15) is 4.79 Å². The molecule has 0 saturated heterocycles. The maximum atomic E-state index is 12.7. The lowest BCUT2D eigenvalue weighted by Crippen LogP contribution is -2.34. The molecule has 3 rings (SSSR count). The summed E-state index contributed by atoms with van der Waals surface area (Å²) in [5, 5.41) is 0. The number of rotatable bonds is 1. The van der Waals surface area contributed by atoms with E-state index in [1.54, 1.807) is 7.11 Å². The fraction of sp³-hybridized carbons (Fsp3) is 0.533. The fourth-order valence-corrected chi connectivity index (χ4v) is 3.64. The van der Waals surface area contributed by atoms with Crippen LogP contribution in [0.15, 0.2) is 24.3 Å². The largest absolute Gasteiger partial charge is 0.376 e. The molecule has 2 nitrogen and oxygen atoms in total. The van der Waals surface area contributed by atoms with Crippen LogP contribution in [0.3, 0.4) is 0 Å². The van der Waals surface area contributed by atoms with Crippen molar-refractivity contribution < 1.29 is 9.53 Å². The van der Waals surface area contributed by atoms with Gasteiger partial charge in [0.2, 0.25) is 0 Å². The van der Waals surface area contributed by atoms with Crippen molar-refractivity contribution in [1.82, 2.24) is 0 Å². The van der Waals surface area contributed by atoms with Crippen LogP contribution in [-0.2, 0) is 4.74 Å². The first-order valence-electron chi connectivity index (χ1n) is 6.46. The van der Waals surface area contributed by atoms with E-state index >= 15 is 0 Å². The van der Waals surface area contributed by atoms with Gasteiger partial charge in [0, 0.05) is 12.7 Å². The van der Waals surface area contributed by atoms with Gasteiger partial charge < -0.3 is 4.74 Å². The molecule has 90 valence electrons. The predicted molar refractivity (Wildman–Crippen MR) is 66.0 cm³/mol. The highest BCUT2D eigenvalue weighted by molar-refractivity contribution is 6.05. The Balaban J connectivity index is 2.10. The van der Waals surface area contributed by atoms with E-state index in [1.165, 1.54) is 6.42 Å². The molecule has 2 heteroatoms. The predicted octanol–water partition coefficient (Wildman–Crippen LogP) is 3.52. The quantitative estimate of drug-likeness (QED) is 0.737. The Kier molecular flexibility index (Phi) is 2.55. The maximum absolute atomic E-state index is 12.7. The molecule has 0 aliphatic heterocycles. The van der Waals surface area contributed by atoms with E-state index in [0.717, 1.165) is 36.8 Å². The van der Waals surface area contributed by atoms with Crippen LogP contribution in [0.25, 0.3) is 0 Å². The highest BCUT2D eigenvalue weighted by atomic mass is 16.5. The number of carbonyl (C=O) groups is 1. The van der Waals surface area contributed by atoms with Gasteiger partial charge >= 0.3 is 0 Å². The van der Waals surface area contributed by atoms with Crippen molar-refractivity contribution in [2.45, 2.75) is 38.2 Å². The van der Waals surface area contributed by atoms with Crippen molar-refractivity contribution in [3.63, 3.8) is 0 Å². The van der Waals surface area contributed by atoms with Gasteiger partial charge in [0.25, 0.3) is 0 Å². The van der Waals surface area contributed by atoms with Crippen LogP contribution < -0.4 is 0 Å². The van der Waals surface area contributed by atoms with Crippen LogP contribution in [0.1, 0.15) is 54.1 Å². The Morgan fingerprint density at radius 1 is 1.18 bits per heavy atom. The Morgan fingerprint density at radius 3 is 2.59 bits per heavy atom. The molecule has 0 N–H and O–H groups in total. The Hall–Kier alpha value is -1.15. The average molecular weight is 230 g/mol. The summed E-state index contributed by atoms with van der Waals surface area (Å²) in [6.45, 7) is 0. The van der Waals surface area contributed by atoms with Crippen molar-refractivity contribution in [2.75, 3.05) is 7.11 Å². The Bertz CT molecular complexity index is 444. The van der Waals surface area contributed by atoms with E-state index < -0.39 is 0 Å². The second kappa shape index (κ2) is 3.95. The standard InChI is InChI=1S/C15H18O2/c1-17-14-12-8-4-3-7-11(12)13(16)15(14)9-5-2-6-10-15/h3-4,7-8,14H,2,5-6,9-10H2,1H3. The van der Waals surface area contributed by atoms with Crippen LogP contribution in [-0.4, -0.2) is 12.9 Å². The summed E-state index contributed by atoms with van der Waals surface area (Å²) in [5.74, 6) is 0.319. The number of ketones is 1. The van der Waals surface area contributed by atoms with Crippen molar-refractivity contribution in [2.24, 2.45) is 5.41 Å². The summed E-state index contributed by atoms with van der Waals surface area (Å²) in [7, 11) is 1.73. The molecule has 0 radical (unpaired) electrons. The number of hydrogen-bond acceptors (Lipinski definition) is 2. The molecule has 1 saturated carbocycles. The number of Topliss-reactive ketones (excluding diaryl/α,β-unsaturated/α-hetero) is 1. The molecular weight excluding hydrogens is 212 g/mol. The maximum Gasteiger partial charge on any atom is 0.172 e. The molecule has 1 atom stereocenters. The number of methoxy groups -OCH3 is 1. The van der Waals surface area contributed by atoms with Crippen LogP contribution in [0.4, 0.5) is 0 Å². The van der Waals surface area contributed by atoms with Gasteiger partial charge in [-0.2, -0.15) is 0 Å². The number of ether oxygens (including phenoxy) is 1. The normalized spacial score (nSPS) is 26.2. The van der Waals surface area contributed by atoms with Crippen molar-refractivity contribution in [3.8, 4) is 0 Å². The molecule has 0 aromatic heterocycles. The lowest BCUT2D eigenvalue weighted by Gasteiger charge is -2.36. The number of hydrogen-bond donors (Lipinski definition) is 0. The third-order valence-corrected chi connectivity index (χ3v) is 4.42. The summed E-state index contributed by atoms with van der Waals surface area (Å²) in [4.78, 5) is 12.7. The van der Waals surface area contributed by atoms with Crippen LogP contribution in [0.2, 0.25) is 0 Å². The molecule has 1 fully saturated rings. The lowest BCUT2D eigenvalue weighted by atomic mass is 9.70.